The normalized spacial score (nSPS) is 24.7. The van der Waals surface area contributed by atoms with Gasteiger partial charge in [-0.15, -0.1) is 6.42 Å². The van der Waals surface area contributed by atoms with Crippen molar-refractivity contribution in [3.05, 3.63) is 47.8 Å². The second-order valence-corrected chi connectivity index (χ2v) is 7.01. The van der Waals surface area contributed by atoms with Crippen LogP contribution in [0.3, 0.4) is 0 Å². The van der Waals surface area contributed by atoms with Crippen LogP contribution in [-0.2, 0) is 4.74 Å². The van der Waals surface area contributed by atoms with Crippen LogP contribution in [0, 0.1) is 24.2 Å². The number of fused-ring (bicyclic) bond motifs is 1. The Kier molecular flexibility index (Phi) is 4.17. The lowest BCUT2D eigenvalue weighted by molar-refractivity contribution is 0.0441. The standard InChI is InChI=1S/C20H21N3O3/c1-3-14-4-6-15(7-5-14)23-9-8-18(21-23)19-16-10-22(11-17(16)19)20(25)26-13(2)12-24/h1,4-9,13,16-17,19,24H,10-12H2,2H3/t13-,16-,17+,19+/m1/s1. The predicted molar refractivity (Wildman–Crippen MR) is 95.8 cm³/mol. The van der Waals surface area contributed by atoms with E-state index in [4.69, 9.17) is 21.4 Å². The molecule has 1 saturated carbocycles. The number of carbonyl (C=O) groups excluding carboxylic acids is 1. The van der Waals surface area contributed by atoms with Crippen molar-refractivity contribution in [2.75, 3.05) is 19.7 Å². The van der Waals surface area contributed by atoms with E-state index in [0.29, 0.717) is 30.8 Å². The summed E-state index contributed by atoms with van der Waals surface area (Å²) in [5, 5.41) is 13.7. The Morgan fingerprint density at radius 2 is 2.04 bits per heavy atom. The summed E-state index contributed by atoms with van der Waals surface area (Å²) in [5.74, 6) is 3.90. The number of hydrogen-bond donors (Lipinski definition) is 1. The monoisotopic (exact) mass is 351 g/mol. The largest absolute Gasteiger partial charge is 0.444 e. The summed E-state index contributed by atoms with van der Waals surface area (Å²) in [7, 11) is 0. The van der Waals surface area contributed by atoms with E-state index in [1.165, 1.54) is 0 Å². The fourth-order valence-corrected chi connectivity index (χ4v) is 3.77. The average Bonchev–Trinajstić information content (AvgIpc) is 3.06. The first-order chi connectivity index (χ1) is 12.6. The van der Waals surface area contributed by atoms with Gasteiger partial charge in [0.05, 0.1) is 18.0 Å². The van der Waals surface area contributed by atoms with Crippen LogP contribution < -0.4 is 0 Å². The van der Waals surface area contributed by atoms with Gasteiger partial charge in [-0.25, -0.2) is 9.48 Å². The van der Waals surface area contributed by atoms with Crippen molar-refractivity contribution < 1.29 is 14.6 Å². The Morgan fingerprint density at radius 3 is 2.65 bits per heavy atom. The van der Waals surface area contributed by atoms with Crippen molar-refractivity contribution in [1.29, 1.82) is 0 Å². The highest BCUT2D eigenvalue weighted by atomic mass is 16.6. The topological polar surface area (TPSA) is 67.6 Å². The van der Waals surface area contributed by atoms with Crippen molar-refractivity contribution in [2.45, 2.75) is 18.9 Å². The molecule has 0 radical (unpaired) electrons. The summed E-state index contributed by atoms with van der Waals surface area (Å²) in [6, 6.07) is 9.77. The summed E-state index contributed by atoms with van der Waals surface area (Å²) >= 11 is 0. The van der Waals surface area contributed by atoms with Crippen molar-refractivity contribution in [1.82, 2.24) is 14.7 Å². The summed E-state index contributed by atoms with van der Waals surface area (Å²) < 4.78 is 7.04. The molecule has 1 aromatic carbocycles. The lowest BCUT2D eigenvalue weighted by atomic mass is 10.2. The third kappa shape index (κ3) is 2.95. The Bertz CT molecular complexity index is 840. The molecule has 1 aliphatic heterocycles. The number of aromatic nitrogens is 2. The molecule has 4 atom stereocenters. The second-order valence-electron chi connectivity index (χ2n) is 7.01. The van der Waals surface area contributed by atoms with E-state index in [9.17, 15) is 4.79 Å². The number of rotatable bonds is 4. The summed E-state index contributed by atoms with van der Waals surface area (Å²) in [6.07, 6.45) is 6.55. The van der Waals surface area contributed by atoms with E-state index in [-0.39, 0.29) is 12.7 Å². The number of terminal acetylenes is 1. The van der Waals surface area contributed by atoms with Crippen molar-refractivity contribution in [2.24, 2.45) is 11.8 Å². The lowest BCUT2D eigenvalue weighted by Crippen LogP contribution is -2.34. The average molecular weight is 351 g/mol. The first-order valence-corrected chi connectivity index (χ1v) is 8.79. The van der Waals surface area contributed by atoms with Crippen LogP contribution in [0.1, 0.15) is 24.1 Å². The van der Waals surface area contributed by atoms with Crippen LogP contribution in [-0.4, -0.2) is 51.7 Å². The van der Waals surface area contributed by atoms with Gasteiger partial charge in [-0.05, 0) is 49.1 Å². The predicted octanol–water partition coefficient (Wildman–Crippen LogP) is 2.02. The van der Waals surface area contributed by atoms with Gasteiger partial charge in [-0.1, -0.05) is 5.92 Å². The van der Waals surface area contributed by atoms with Crippen LogP contribution in [0.2, 0.25) is 0 Å². The van der Waals surface area contributed by atoms with Crippen molar-refractivity contribution in [3.8, 4) is 18.0 Å². The van der Waals surface area contributed by atoms with Gasteiger partial charge in [0, 0.05) is 30.8 Å². The second kappa shape index (κ2) is 6.50. The first kappa shape index (κ1) is 16.7. The van der Waals surface area contributed by atoms with Crippen molar-refractivity contribution in [3.63, 3.8) is 0 Å². The highest BCUT2D eigenvalue weighted by Gasteiger charge is 2.58. The third-order valence-corrected chi connectivity index (χ3v) is 5.26. The molecule has 0 bridgehead atoms. The van der Waals surface area contributed by atoms with E-state index in [1.807, 2.05) is 35.1 Å². The van der Waals surface area contributed by atoms with Gasteiger partial charge in [0.1, 0.15) is 6.10 Å². The molecule has 1 amide bonds. The number of carbonyl (C=O) groups is 1. The summed E-state index contributed by atoms with van der Waals surface area (Å²) in [6.45, 7) is 2.90. The van der Waals surface area contributed by atoms with Gasteiger partial charge in [0.15, 0.2) is 0 Å². The van der Waals surface area contributed by atoms with Gasteiger partial charge < -0.3 is 14.7 Å². The summed E-state index contributed by atoms with van der Waals surface area (Å²) in [5.41, 5.74) is 2.89. The van der Waals surface area contributed by atoms with Crippen LogP contribution >= 0.6 is 0 Å². The minimum Gasteiger partial charge on any atom is -0.444 e. The Balaban J connectivity index is 1.38. The maximum Gasteiger partial charge on any atom is 0.410 e. The molecule has 2 aliphatic rings. The smallest absolute Gasteiger partial charge is 0.410 e. The fourth-order valence-electron chi connectivity index (χ4n) is 3.77. The van der Waals surface area contributed by atoms with E-state index < -0.39 is 6.10 Å². The molecule has 2 fully saturated rings. The number of aliphatic hydroxyl groups excluding tert-OH is 1. The van der Waals surface area contributed by atoms with Gasteiger partial charge in [0.2, 0.25) is 0 Å². The maximum absolute atomic E-state index is 12.0. The Hall–Kier alpha value is -2.78. The lowest BCUT2D eigenvalue weighted by Gasteiger charge is -2.21. The highest BCUT2D eigenvalue weighted by molar-refractivity contribution is 5.68. The number of ether oxygens (including phenoxy) is 1. The molecule has 6 nitrogen and oxygen atoms in total. The highest BCUT2D eigenvalue weighted by Crippen LogP contribution is 2.57. The van der Waals surface area contributed by atoms with Gasteiger partial charge in [-0.3, -0.25) is 0 Å². The molecule has 1 N–H and O–H groups in total. The molecule has 134 valence electrons. The number of aliphatic hydroxyl groups is 1. The molecule has 1 aromatic heterocycles. The number of benzene rings is 1. The molecular weight excluding hydrogens is 330 g/mol. The number of nitrogens with zero attached hydrogens (tertiary/aromatic N) is 3. The SMILES string of the molecule is C#Cc1ccc(-n2ccc([C@H]3[C@@H]4CN(C(=O)O[C@H](C)CO)C[C@@H]43)n2)cc1. The van der Waals surface area contributed by atoms with Gasteiger partial charge in [-0.2, -0.15) is 5.10 Å². The number of amides is 1. The van der Waals surface area contributed by atoms with Crippen LogP contribution in [0.25, 0.3) is 5.69 Å². The quantitative estimate of drug-likeness (QED) is 0.856. The van der Waals surface area contributed by atoms with Gasteiger partial charge >= 0.3 is 6.09 Å². The molecule has 4 rings (SSSR count). The Morgan fingerprint density at radius 1 is 1.35 bits per heavy atom. The zero-order chi connectivity index (χ0) is 18.3. The van der Waals surface area contributed by atoms with E-state index in [2.05, 4.69) is 12.0 Å². The molecule has 1 saturated heterocycles. The zero-order valence-corrected chi connectivity index (χ0v) is 14.6. The third-order valence-electron chi connectivity index (χ3n) is 5.26. The van der Waals surface area contributed by atoms with Crippen molar-refractivity contribution >= 4 is 6.09 Å². The van der Waals surface area contributed by atoms with Crippen LogP contribution in [0.5, 0.6) is 0 Å². The fraction of sp³-hybridized carbons (Fsp3) is 0.400. The minimum absolute atomic E-state index is 0.158. The number of piperidine rings is 1. The maximum atomic E-state index is 12.0. The Labute approximate surface area is 152 Å². The first-order valence-electron chi connectivity index (χ1n) is 8.79. The van der Waals surface area contributed by atoms with E-state index in [0.717, 1.165) is 16.9 Å². The molecule has 2 heterocycles. The molecule has 0 spiro atoms. The molecule has 2 aromatic rings. The molecule has 1 aliphatic carbocycles. The van der Waals surface area contributed by atoms with Crippen LogP contribution in [0.4, 0.5) is 4.79 Å². The van der Waals surface area contributed by atoms with Gasteiger partial charge in [0.25, 0.3) is 0 Å². The molecular formula is C20H21N3O3. The molecule has 0 unspecified atom stereocenters. The van der Waals surface area contributed by atoms with E-state index >= 15 is 0 Å². The molecule has 6 heteroatoms. The summed E-state index contributed by atoms with van der Waals surface area (Å²) in [4.78, 5) is 13.8. The van der Waals surface area contributed by atoms with Crippen LogP contribution in [0.15, 0.2) is 36.5 Å². The zero-order valence-electron chi connectivity index (χ0n) is 14.6. The number of hydrogen-bond acceptors (Lipinski definition) is 4. The number of likely N-dealkylation sites (tertiary alicyclic amines) is 1. The molecule has 26 heavy (non-hydrogen) atoms. The van der Waals surface area contributed by atoms with E-state index in [1.54, 1.807) is 11.8 Å². The minimum atomic E-state index is -0.466.